The maximum Gasteiger partial charge on any atom is 0.198 e. The van der Waals surface area contributed by atoms with Gasteiger partial charge in [0.1, 0.15) is 0 Å². The number of aliphatic imine (C=N–C) groups is 1. The van der Waals surface area contributed by atoms with Crippen LogP contribution in [0.5, 0.6) is 5.88 Å². The van der Waals surface area contributed by atoms with E-state index < -0.39 is 0 Å². The number of nitrogens with one attached hydrogen (secondary N) is 2. The number of aromatic nitrogens is 1. The third-order valence-corrected chi connectivity index (χ3v) is 5.02. The summed E-state index contributed by atoms with van der Waals surface area (Å²) in [6.45, 7) is 5.84. The zero-order valence-electron chi connectivity index (χ0n) is 15.9. The maximum absolute atomic E-state index is 10.1. The molecule has 0 unspecified atom stereocenters. The van der Waals surface area contributed by atoms with Crippen molar-refractivity contribution in [1.82, 2.24) is 9.88 Å². The largest absolute Gasteiger partial charge is 0.494 e. The molecular formula is C22H26N4O2. The van der Waals surface area contributed by atoms with Gasteiger partial charge in [-0.05, 0) is 43.3 Å². The first-order chi connectivity index (χ1) is 13.8. The van der Waals surface area contributed by atoms with Crippen molar-refractivity contribution < 1.29 is 9.84 Å². The minimum atomic E-state index is 0.142. The molecule has 0 saturated carbocycles. The van der Waals surface area contributed by atoms with E-state index in [4.69, 9.17) is 4.74 Å². The van der Waals surface area contributed by atoms with Crippen molar-refractivity contribution in [1.29, 1.82) is 0 Å². The number of fused-ring (bicyclic) bond motifs is 1. The van der Waals surface area contributed by atoms with E-state index in [2.05, 4.69) is 20.2 Å². The first-order valence-electron chi connectivity index (χ1n) is 9.77. The molecule has 146 valence electrons. The van der Waals surface area contributed by atoms with Gasteiger partial charge in [0.05, 0.1) is 24.5 Å². The van der Waals surface area contributed by atoms with Gasteiger partial charge in [0.15, 0.2) is 5.88 Å². The Labute approximate surface area is 164 Å². The van der Waals surface area contributed by atoms with Crippen LogP contribution in [-0.4, -0.2) is 60.6 Å². The molecule has 6 nitrogen and oxygen atoms in total. The van der Waals surface area contributed by atoms with Crippen LogP contribution in [-0.2, 0) is 4.74 Å². The number of morpholine rings is 1. The first-order valence-corrected chi connectivity index (χ1v) is 9.77. The Kier molecular flexibility index (Phi) is 5.89. The van der Waals surface area contributed by atoms with Crippen LogP contribution < -0.4 is 5.32 Å². The fourth-order valence-corrected chi connectivity index (χ4v) is 3.44. The highest BCUT2D eigenvalue weighted by molar-refractivity contribution is 6.02. The molecule has 1 aliphatic rings. The van der Waals surface area contributed by atoms with E-state index in [0.717, 1.165) is 68.1 Å². The summed E-state index contributed by atoms with van der Waals surface area (Å²) in [6.07, 6.45) is 2.82. The van der Waals surface area contributed by atoms with Crippen molar-refractivity contribution in [3.8, 4) is 5.88 Å². The molecule has 4 rings (SSSR count). The first kappa shape index (κ1) is 18.5. The Morgan fingerprint density at radius 1 is 1.11 bits per heavy atom. The minimum Gasteiger partial charge on any atom is -0.494 e. The average molecular weight is 378 g/mol. The second kappa shape index (κ2) is 8.91. The summed E-state index contributed by atoms with van der Waals surface area (Å²) in [4.78, 5) is 9.92. The molecule has 3 N–H and O–H groups in total. The number of ether oxygens (including phenoxy) is 1. The predicted octanol–water partition coefficient (Wildman–Crippen LogP) is 3.76. The predicted molar refractivity (Wildman–Crippen MR) is 114 cm³/mol. The number of hydrogen-bond acceptors (Lipinski definition) is 5. The van der Waals surface area contributed by atoms with E-state index >= 15 is 0 Å². The van der Waals surface area contributed by atoms with Crippen LogP contribution in [0.3, 0.4) is 0 Å². The second-order valence-electron chi connectivity index (χ2n) is 6.97. The van der Waals surface area contributed by atoms with Crippen LogP contribution in [0.1, 0.15) is 12.0 Å². The molecule has 0 bridgehead atoms. The van der Waals surface area contributed by atoms with Gasteiger partial charge < -0.3 is 20.1 Å². The number of para-hydroxylation sites is 1. The molecule has 1 aromatic heterocycles. The molecule has 0 aliphatic carbocycles. The van der Waals surface area contributed by atoms with Crippen molar-refractivity contribution in [2.75, 3.05) is 44.7 Å². The number of aromatic amines is 1. The fourth-order valence-electron chi connectivity index (χ4n) is 3.44. The van der Waals surface area contributed by atoms with Crippen molar-refractivity contribution in [3.05, 3.63) is 54.1 Å². The second-order valence-corrected chi connectivity index (χ2v) is 6.97. The van der Waals surface area contributed by atoms with Gasteiger partial charge in [-0.15, -0.1) is 0 Å². The summed E-state index contributed by atoms with van der Waals surface area (Å²) in [7, 11) is 0. The molecule has 1 saturated heterocycles. The smallest absolute Gasteiger partial charge is 0.198 e. The van der Waals surface area contributed by atoms with Crippen LogP contribution in [0.15, 0.2) is 53.5 Å². The molecule has 0 radical (unpaired) electrons. The fraction of sp³-hybridized carbons (Fsp3) is 0.318. The number of rotatable bonds is 7. The Balaban J connectivity index is 1.30. The number of benzene rings is 2. The summed E-state index contributed by atoms with van der Waals surface area (Å²) in [5, 5.41) is 14.5. The Bertz CT molecular complexity index is 927. The Morgan fingerprint density at radius 3 is 2.71 bits per heavy atom. The molecule has 3 aromatic rings. The van der Waals surface area contributed by atoms with Crippen LogP contribution >= 0.6 is 0 Å². The van der Waals surface area contributed by atoms with Gasteiger partial charge in [0.2, 0.25) is 0 Å². The standard InChI is InChI=1S/C22H26N4O2/c27-22-20(19-4-1-2-5-21(19)25-22)16-24-18-8-6-17(7-9-18)23-10-3-11-26-12-14-28-15-13-26/h1-2,4-9,16,23,25,27H,3,10-15H2. The number of hydrogen-bond donors (Lipinski definition) is 3. The Hall–Kier alpha value is -2.83. The van der Waals surface area contributed by atoms with Gasteiger partial charge in [0.25, 0.3) is 0 Å². The van der Waals surface area contributed by atoms with Crippen molar-refractivity contribution in [3.63, 3.8) is 0 Å². The average Bonchev–Trinajstić information content (AvgIpc) is 3.06. The van der Waals surface area contributed by atoms with E-state index in [1.807, 2.05) is 48.5 Å². The normalized spacial score (nSPS) is 15.4. The van der Waals surface area contributed by atoms with E-state index in [9.17, 15) is 5.11 Å². The summed E-state index contributed by atoms with van der Waals surface area (Å²) in [5.74, 6) is 0.142. The zero-order valence-corrected chi connectivity index (χ0v) is 15.9. The SMILES string of the molecule is Oc1[nH]c2ccccc2c1C=Nc1ccc(NCCCN2CCOCC2)cc1. The Morgan fingerprint density at radius 2 is 1.89 bits per heavy atom. The lowest BCUT2D eigenvalue weighted by molar-refractivity contribution is 0.0378. The highest BCUT2D eigenvalue weighted by Crippen LogP contribution is 2.26. The van der Waals surface area contributed by atoms with E-state index in [-0.39, 0.29) is 5.88 Å². The molecule has 0 atom stereocenters. The topological polar surface area (TPSA) is 72.9 Å². The van der Waals surface area contributed by atoms with E-state index in [1.165, 1.54) is 0 Å². The number of nitrogens with zero attached hydrogens (tertiary/aromatic N) is 2. The number of anilines is 1. The van der Waals surface area contributed by atoms with Crippen molar-refractivity contribution in [2.24, 2.45) is 4.99 Å². The monoisotopic (exact) mass is 378 g/mol. The van der Waals surface area contributed by atoms with Crippen LogP contribution in [0.2, 0.25) is 0 Å². The van der Waals surface area contributed by atoms with Crippen LogP contribution in [0.25, 0.3) is 10.9 Å². The van der Waals surface area contributed by atoms with E-state index in [1.54, 1.807) is 6.21 Å². The zero-order chi connectivity index (χ0) is 19.2. The van der Waals surface area contributed by atoms with Crippen molar-refractivity contribution in [2.45, 2.75) is 6.42 Å². The molecule has 0 amide bonds. The van der Waals surface area contributed by atoms with Crippen LogP contribution in [0.4, 0.5) is 11.4 Å². The van der Waals surface area contributed by atoms with Gasteiger partial charge in [-0.1, -0.05) is 18.2 Å². The minimum absolute atomic E-state index is 0.142. The van der Waals surface area contributed by atoms with Gasteiger partial charge in [-0.3, -0.25) is 9.89 Å². The number of aromatic hydroxyl groups is 1. The molecular weight excluding hydrogens is 352 g/mol. The molecule has 1 fully saturated rings. The quantitative estimate of drug-likeness (QED) is 0.432. The summed E-state index contributed by atoms with van der Waals surface area (Å²) < 4.78 is 5.37. The molecule has 2 heterocycles. The lowest BCUT2D eigenvalue weighted by atomic mass is 10.2. The third kappa shape index (κ3) is 4.52. The summed E-state index contributed by atoms with van der Waals surface area (Å²) in [5.41, 5.74) is 3.55. The van der Waals surface area contributed by atoms with Gasteiger partial charge in [-0.2, -0.15) is 0 Å². The van der Waals surface area contributed by atoms with Gasteiger partial charge in [-0.25, -0.2) is 0 Å². The lowest BCUT2D eigenvalue weighted by Gasteiger charge is -2.26. The van der Waals surface area contributed by atoms with Gasteiger partial charge >= 0.3 is 0 Å². The van der Waals surface area contributed by atoms with E-state index in [0.29, 0.717) is 5.56 Å². The molecule has 6 heteroatoms. The van der Waals surface area contributed by atoms with Gasteiger partial charge in [0, 0.05) is 42.4 Å². The maximum atomic E-state index is 10.1. The lowest BCUT2D eigenvalue weighted by Crippen LogP contribution is -2.37. The molecule has 1 aliphatic heterocycles. The molecule has 0 spiro atoms. The highest BCUT2D eigenvalue weighted by atomic mass is 16.5. The molecule has 2 aromatic carbocycles. The molecule has 28 heavy (non-hydrogen) atoms. The third-order valence-electron chi connectivity index (χ3n) is 5.02. The van der Waals surface area contributed by atoms with Crippen LogP contribution in [0, 0.1) is 0 Å². The summed E-state index contributed by atoms with van der Waals surface area (Å²) in [6, 6.07) is 15.8. The highest BCUT2D eigenvalue weighted by Gasteiger charge is 2.09. The van der Waals surface area contributed by atoms with Crippen molar-refractivity contribution >= 4 is 28.5 Å². The summed E-state index contributed by atoms with van der Waals surface area (Å²) >= 11 is 0. The number of H-pyrrole nitrogens is 1.